The molecule has 0 spiro atoms. The third-order valence-corrected chi connectivity index (χ3v) is 6.54. The molecule has 0 unspecified atom stereocenters. The number of para-hydroxylation sites is 1. The zero-order valence-electron chi connectivity index (χ0n) is 17.9. The molecule has 9 heteroatoms. The molecule has 2 aromatic carbocycles. The lowest BCUT2D eigenvalue weighted by Crippen LogP contribution is -2.35. The Bertz CT molecular complexity index is 1050. The van der Waals surface area contributed by atoms with Crippen LogP contribution in [0.4, 0.5) is 16.5 Å². The SMILES string of the molecule is Cc1ccc(NC(=O)CN(C)C(=O)CSc2nnc(Nc3c(C)cccc3C)s2)cc1. The van der Waals surface area contributed by atoms with Gasteiger partial charge in [-0.1, -0.05) is 59.0 Å². The number of carbonyl (C=O) groups is 2. The summed E-state index contributed by atoms with van der Waals surface area (Å²) in [6.45, 7) is 6.05. The second-order valence-corrected chi connectivity index (χ2v) is 9.42. The largest absolute Gasteiger partial charge is 0.336 e. The molecule has 2 amide bonds. The number of benzene rings is 2. The van der Waals surface area contributed by atoms with Crippen molar-refractivity contribution in [2.24, 2.45) is 0 Å². The summed E-state index contributed by atoms with van der Waals surface area (Å²) in [7, 11) is 1.62. The van der Waals surface area contributed by atoms with Crippen molar-refractivity contribution in [3.05, 3.63) is 59.2 Å². The van der Waals surface area contributed by atoms with Crippen molar-refractivity contribution >= 4 is 51.4 Å². The van der Waals surface area contributed by atoms with E-state index in [1.54, 1.807) is 7.05 Å². The highest BCUT2D eigenvalue weighted by Gasteiger charge is 2.15. The van der Waals surface area contributed by atoms with Gasteiger partial charge in [0.05, 0.1) is 12.3 Å². The first kappa shape index (κ1) is 22.8. The van der Waals surface area contributed by atoms with Gasteiger partial charge in [-0.05, 0) is 44.0 Å². The minimum atomic E-state index is -0.235. The summed E-state index contributed by atoms with van der Waals surface area (Å²) in [5.41, 5.74) is 5.11. The van der Waals surface area contributed by atoms with E-state index in [4.69, 9.17) is 0 Å². The Labute approximate surface area is 190 Å². The van der Waals surface area contributed by atoms with Gasteiger partial charge < -0.3 is 15.5 Å². The first-order valence-corrected chi connectivity index (χ1v) is 11.5. The fraction of sp³-hybridized carbons (Fsp3) is 0.273. The standard InChI is InChI=1S/C22H25N5O2S2/c1-14-8-10-17(11-9-14)23-18(28)12-27(4)19(29)13-30-22-26-25-21(31-22)24-20-15(2)6-5-7-16(20)3/h5-11H,12-13H2,1-4H3,(H,23,28)(H,24,25). The van der Waals surface area contributed by atoms with Crippen LogP contribution in [0.3, 0.4) is 0 Å². The van der Waals surface area contributed by atoms with Crippen LogP contribution in [0.25, 0.3) is 0 Å². The minimum absolute atomic E-state index is 0.0112. The van der Waals surface area contributed by atoms with Crippen LogP contribution in [0, 0.1) is 20.8 Å². The van der Waals surface area contributed by atoms with Gasteiger partial charge in [-0.25, -0.2) is 0 Å². The maximum absolute atomic E-state index is 12.4. The van der Waals surface area contributed by atoms with Crippen LogP contribution in [0.5, 0.6) is 0 Å². The van der Waals surface area contributed by atoms with E-state index in [2.05, 4.69) is 20.8 Å². The molecule has 0 fully saturated rings. The number of anilines is 3. The summed E-state index contributed by atoms with van der Waals surface area (Å²) < 4.78 is 0.694. The molecule has 3 aromatic rings. The van der Waals surface area contributed by atoms with Crippen molar-refractivity contribution in [1.82, 2.24) is 15.1 Å². The van der Waals surface area contributed by atoms with E-state index in [1.807, 2.05) is 63.2 Å². The van der Waals surface area contributed by atoms with E-state index in [9.17, 15) is 9.59 Å². The molecule has 2 N–H and O–H groups in total. The van der Waals surface area contributed by atoms with E-state index in [0.29, 0.717) is 15.2 Å². The molecule has 162 valence electrons. The van der Waals surface area contributed by atoms with Crippen LogP contribution >= 0.6 is 23.1 Å². The molecule has 1 heterocycles. The van der Waals surface area contributed by atoms with E-state index in [0.717, 1.165) is 22.4 Å². The Morgan fingerprint density at radius 2 is 1.71 bits per heavy atom. The Balaban J connectivity index is 1.48. The fourth-order valence-electron chi connectivity index (χ4n) is 2.81. The number of likely N-dealkylation sites (N-methyl/N-ethyl adjacent to an activating group) is 1. The highest BCUT2D eigenvalue weighted by molar-refractivity contribution is 8.01. The van der Waals surface area contributed by atoms with Crippen LogP contribution in [0.2, 0.25) is 0 Å². The Hall–Kier alpha value is -2.91. The monoisotopic (exact) mass is 455 g/mol. The van der Waals surface area contributed by atoms with Crippen LogP contribution in [-0.2, 0) is 9.59 Å². The number of aryl methyl sites for hydroxylation is 3. The second kappa shape index (κ2) is 10.4. The summed E-state index contributed by atoms with van der Waals surface area (Å²) in [4.78, 5) is 26.0. The first-order chi connectivity index (χ1) is 14.8. The molecule has 0 saturated heterocycles. The van der Waals surface area contributed by atoms with Crippen LogP contribution in [-0.4, -0.2) is 46.3 Å². The lowest BCUT2D eigenvalue weighted by molar-refractivity contribution is -0.131. The minimum Gasteiger partial charge on any atom is -0.336 e. The molecule has 0 bridgehead atoms. The average molecular weight is 456 g/mol. The molecule has 1 aromatic heterocycles. The van der Waals surface area contributed by atoms with Crippen LogP contribution in [0.1, 0.15) is 16.7 Å². The predicted molar refractivity (Wildman–Crippen MR) is 127 cm³/mol. The predicted octanol–water partition coefficient (Wildman–Crippen LogP) is 4.40. The first-order valence-electron chi connectivity index (χ1n) is 9.72. The Kier molecular flexibility index (Phi) is 7.64. The van der Waals surface area contributed by atoms with Crippen molar-refractivity contribution in [1.29, 1.82) is 0 Å². The van der Waals surface area contributed by atoms with E-state index >= 15 is 0 Å². The fourth-order valence-corrected chi connectivity index (χ4v) is 4.51. The van der Waals surface area contributed by atoms with Crippen molar-refractivity contribution in [3.63, 3.8) is 0 Å². The van der Waals surface area contributed by atoms with E-state index in [1.165, 1.54) is 28.0 Å². The van der Waals surface area contributed by atoms with Crippen LogP contribution < -0.4 is 10.6 Å². The summed E-state index contributed by atoms with van der Waals surface area (Å²) >= 11 is 2.71. The van der Waals surface area contributed by atoms with Gasteiger partial charge in [-0.2, -0.15) is 0 Å². The number of nitrogens with zero attached hydrogens (tertiary/aromatic N) is 3. The summed E-state index contributed by atoms with van der Waals surface area (Å²) in [6, 6.07) is 13.6. The molecule has 0 aliphatic carbocycles. The van der Waals surface area contributed by atoms with Gasteiger partial charge in [0, 0.05) is 18.4 Å². The van der Waals surface area contributed by atoms with Gasteiger partial charge in [0.1, 0.15) is 0 Å². The van der Waals surface area contributed by atoms with Gasteiger partial charge in [-0.15, -0.1) is 10.2 Å². The second-order valence-electron chi connectivity index (χ2n) is 7.22. The summed E-state index contributed by atoms with van der Waals surface area (Å²) in [5, 5.41) is 15.1. The number of carbonyl (C=O) groups excluding carboxylic acids is 2. The number of aromatic nitrogens is 2. The number of thioether (sulfide) groups is 1. The van der Waals surface area contributed by atoms with E-state index < -0.39 is 0 Å². The number of hydrogen-bond acceptors (Lipinski definition) is 7. The lowest BCUT2D eigenvalue weighted by atomic mass is 10.1. The van der Waals surface area contributed by atoms with Gasteiger partial charge in [0.15, 0.2) is 4.34 Å². The molecule has 0 atom stereocenters. The lowest BCUT2D eigenvalue weighted by Gasteiger charge is -2.16. The zero-order valence-corrected chi connectivity index (χ0v) is 19.6. The summed E-state index contributed by atoms with van der Waals surface area (Å²) in [6.07, 6.45) is 0. The average Bonchev–Trinajstić information content (AvgIpc) is 3.18. The maximum Gasteiger partial charge on any atom is 0.243 e. The van der Waals surface area contributed by atoms with Crippen LogP contribution in [0.15, 0.2) is 46.8 Å². The van der Waals surface area contributed by atoms with Crippen molar-refractivity contribution in [2.45, 2.75) is 25.1 Å². The molecule has 3 rings (SSSR count). The highest BCUT2D eigenvalue weighted by atomic mass is 32.2. The third kappa shape index (κ3) is 6.53. The molecule has 31 heavy (non-hydrogen) atoms. The van der Waals surface area contributed by atoms with Gasteiger partial charge >= 0.3 is 0 Å². The topological polar surface area (TPSA) is 87.2 Å². The van der Waals surface area contributed by atoms with Crippen molar-refractivity contribution < 1.29 is 9.59 Å². The number of rotatable bonds is 8. The van der Waals surface area contributed by atoms with Crippen molar-refractivity contribution in [3.8, 4) is 0 Å². The highest BCUT2D eigenvalue weighted by Crippen LogP contribution is 2.30. The zero-order chi connectivity index (χ0) is 22.4. The molecule has 0 saturated carbocycles. The number of hydrogen-bond donors (Lipinski definition) is 2. The maximum atomic E-state index is 12.4. The molecular weight excluding hydrogens is 430 g/mol. The molecule has 0 aliphatic heterocycles. The third-order valence-electron chi connectivity index (χ3n) is 4.58. The van der Waals surface area contributed by atoms with Crippen molar-refractivity contribution in [2.75, 3.05) is 30.0 Å². The summed E-state index contributed by atoms with van der Waals surface area (Å²) in [5.74, 6) is -0.198. The molecule has 7 nitrogen and oxygen atoms in total. The smallest absolute Gasteiger partial charge is 0.243 e. The molecule has 0 radical (unpaired) electrons. The molecular formula is C22H25N5O2S2. The number of nitrogens with one attached hydrogen (secondary N) is 2. The van der Waals surface area contributed by atoms with Gasteiger partial charge in [0.2, 0.25) is 16.9 Å². The number of amides is 2. The Morgan fingerprint density at radius 3 is 2.39 bits per heavy atom. The van der Waals surface area contributed by atoms with Gasteiger partial charge in [-0.3, -0.25) is 9.59 Å². The van der Waals surface area contributed by atoms with E-state index in [-0.39, 0.29) is 24.1 Å². The normalized spacial score (nSPS) is 10.6. The quantitative estimate of drug-likeness (QED) is 0.490. The Morgan fingerprint density at radius 1 is 1.03 bits per heavy atom. The van der Waals surface area contributed by atoms with Gasteiger partial charge in [0.25, 0.3) is 0 Å². The molecule has 0 aliphatic rings.